The summed E-state index contributed by atoms with van der Waals surface area (Å²) in [7, 11) is 0. The summed E-state index contributed by atoms with van der Waals surface area (Å²) in [4.78, 5) is 16.9. The van der Waals surface area contributed by atoms with E-state index in [1.807, 2.05) is 4.90 Å². The SMILES string of the molecule is CCC1NC(C(C)C)C(=O)N1CC1CN(CC)CCO1. The zero-order valence-corrected chi connectivity index (χ0v) is 13.3. The van der Waals surface area contributed by atoms with Gasteiger partial charge >= 0.3 is 0 Å². The summed E-state index contributed by atoms with van der Waals surface area (Å²) in [6.07, 6.45) is 1.25. The van der Waals surface area contributed by atoms with Gasteiger partial charge in [-0.3, -0.25) is 15.0 Å². The van der Waals surface area contributed by atoms with E-state index >= 15 is 0 Å². The molecule has 2 saturated heterocycles. The molecule has 5 nitrogen and oxygen atoms in total. The summed E-state index contributed by atoms with van der Waals surface area (Å²) in [5.74, 6) is 0.574. The lowest BCUT2D eigenvalue weighted by Gasteiger charge is -2.35. The van der Waals surface area contributed by atoms with E-state index in [0.29, 0.717) is 12.5 Å². The van der Waals surface area contributed by atoms with Crippen LogP contribution in [0.15, 0.2) is 0 Å². The molecule has 0 saturated carbocycles. The summed E-state index contributed by atoms with van der Waals surface area (Å²) in [5.41, 5.74) is 0. The molecule has 0 radical (unpaired) electrons. The van der Waals surface area contributed by atoms with Crippen LogP contribution < -0.4 is 5.32 Å². The van der Waals surface area contributed by atoms with Crippen molar-refractivity contribution in [2.45, 2.75) is 52.4 Å². The lowest BCUT2D eigenvalue weighted by Crippen LogP contribution is -2.50. The van der Waals surface area contributed by atoms with E-state index in [1.54, 1.807) is 0 Å². The van der Waals surface area contributed by atoms with Crippen LogP contribution >= 0.6 is 0 Å². The first-order valence-electron chi connectivity index (χ1n) is 7.97. The maximum atomic E-state index is 12.5. The zero-order chi connectivity index (χ0) is 14.7. The first-order valence-corrected chi connectivity index (χ1v) is 7.97. The Morgan fingerprint density at radius 1 is 1.40 bits per heavy atom. The Hall–Kier alpha value is -0.650. The van der Waals surface area contributed by atoms with Gasteiger partial charge in [-0.1, -0.05) is 27.7 Å². The molecule has 1 amide bonds. The van der Waals surface area contributed by atoms with E-state index in [1.165, 1.54) is 0 Å². The molecule has 0 aromatic carbocycles. The number of hydrogen-bond acceptors (Lipinski definition) is 4. The van der Waals surface area contributed by atoms with Crippen LogP contribution in [0.5, 0.6) is 0 Å². The zero-order valence-electron chi connectivity index (χ0n) is 13.3. The highest BCUT2D eigenvalue weighted by Crippen LogP contribution is 2.20. The summed E-state index contributed by atoms with van der Waals surface area (Å²) < 4.78 is 5.85. The van der Waals surface area contributed by atoms with Crippen molar-refractivity contribution in [1.82, 2.24) is 15.1 Å². The lowest BCUT2D eigenvalue weighted by molar-refractivity contribution is -0.134. The van der Waals surface area contributed by atoms with Crippen LogP contribution in [0, 0.1) is 5.92 Å². The monoisotopic (exact) mass is 283 g/mol. The Labute approximate surface area is 122 Å². The van der Waals surface area contributed by atoms with Crippen LogP contribution in [-0.4, -0.2) is 66.8 Å². The number of ether oxygens (including phenoxy) is 1. The van der Waals surface area contributed by atoms with E-state index in [-0.39, 0.29) is 24.2 Å². The van der Waals surface area contributed by atoms with E-state index in [2.05, 4.69) is 37.9 Å². The number of nitrogens with one attached hydrogen (secondary N) is 1. The number of carbonyl (C=O) groups is 1. The van der Waals surface area contributed by atoms with Crippen molar-refractivity contribution >= 4 is 5.91 Å². The summed E-state index contributed by atoms with van der Waals surface area (Å²) >= 11 is 0. The van der Waals surface area contributed by atoms with Gasteiger partial charge in [0.05, 0.1) is 24.9 Å². The van der Waals surface area contributed by atoms with Gasteiger partial charge < -0.3 is 9.64 Å². The van der Waals surface area contributed by atoms with Crippen LogP contribution in [0.1, 0.15) is 34.1 Å². The lowest BCUT2D eigenvalue weighted by atomic mass is 10.0. The molecule has 0 aliphatic carbocycles. The van der Waals surface area contributed by atoms with Crippen LogP contribution in [0.3, 0.4) is 0 Å². The van der Waals surface area contributed by atoms with Gasteiger partial charge in [0.2, 0.25) is 5.91 Å². The second kappa shape index (κ2) is 6.87. The molecule has 3 unspecified atom stereocenters. The highest BCUT2D eigenvalue weighted by atomic mass is 16.5. The van der Waals surface area contributed by atoms with E-state index in [0.717, 1.165) is 32.7 Å². The Morgan fingerprint density at radius 3 is 2.75 bits per heavy atom. The predicted molar refractivity (Wildman–Crippen MR) is 79.4 cm³/mol. The molecule has 2 heterocycles. The first-order chi connectivity index (χ1) is 9.56. The third kappa shape index (κ3) is 3.32. The van der Waals surface area contributed by atoms with Crippen LogP contribution in [0.4, 0.5) is 0 Å². The molecule has 3 atom stereocenters. The number of morpholine rings is 1. The topological polar surface area (TPSA) is 44.8 Å². The molecule has 2 aliphatic rings. The summed E-state index contributed by atoms with van der Waals surface area (Å²) in [6, 6.07) is -0.0363. The number of amides is 1. The molecule has 0 spiro atoms. The Bertz CT molecular complexity index is 335. The number of nitrogens with zero attached hydrogens (tertiary/aromatic N) is 2. The quantitative estimate of drug-likeness (QED) is 0.814. The molecule has 2 aliphatic heterocycles. The van der Waals surface area contributed by atoms with Gasteiger partial charge in [-0.05, 0) is 18.9 Å². The number of hydrogen-bond donors (Lipinski definition) is 1. The van der Waals surface area contributed by atoms with Crippen LogP contribution in [0.2, 0.25) is 0 Å². The average molecular weight is 283 g/mol. The third-order valence-corrected chi connectivity index (χ3v) is 4.42. The fraction of sp³-hybridized carbons (Fsp3) is 0.933. The number of carbonyl (C=O) groups excluding carboxylic acids is 1. The second-order valence-electron chi connectivity index (χ2n) is 6.19. The van der Waals surface area contributed by atoms with Gasteiger partial charge in [-0.15, -0.1) is 0 Å². The van der Waals surface area contributed by atoms with Crippen molar-refractivity contribution in [2.24, 2.45) is 5.92 Å². The molecule has 1 N–H and O–H groups in total. The predicted octanol–water partition coefficient (Wildman–Crippen LogP) is 0.900. The van der Waals surface area contributed by atoms with Crippen molar-refractivity contribution in [1.29, 1.82) is 0 Å². The standard InChI is InChI=1S/C15H29N3O2/c1-5-13-16-14(11(3)4)15(19)18(13)10-12-9-17(6-2)7-8-20-12/h11-14,16H,5-10H2,1-4H3. The molecule has 20 heavy (non-hydrogen) atoms. The Balaban J connectivity index is 1.98. The molecule has 2 rings (SSSR count). The highest BCUT2D eigenvalue weighted by Gasteiger charge is 2.40. The van der Waals surface area contributed by atoms with Gasteiger partial charge in [-0.2, -0.15) is 0 Å². The molecule has 0 aromatic heterocycles. The van der Waals surface area contributed by atoms with Gasteiger partial charge in [0.1, 0.15) is 0 Å². The Kier molecular flexibility index (Phi) is 5.41. The largest absolute Gasteiger partial charge is 0.374 e. The second-order valence-corrected chi connectivity index (χ2v) is 6.19. The molecular formula is C15H29N3O2. The smallest absolute Gasteiger partial charge is 0.241 e. The highest BCUT2D eigenvalue weighted by molar-refractivity contribution is 5.84. The van der Waals surface area contributed by atoms with Crippen LogP contribution in [-0.2, 0) is 9.53 Å². The molecule has 5 heteroatoms. The van der Waals surface area contributed by atoms with Crippen LogP contribution in [0.25, 0.3) is 0 Å². The molecule has 0 aromatic rings. The van der Waals surface area contributed by atoms with Gasteiger partial charge in [-0.25, -0.2) is 0 Å². The van der Waals surface area contributed by atoms with E-state index < -0.39 is 0 Å². The minimum atomic E-state index is -0.0363. The Morgan fingerprint density at radius 2 is 2.15 bits per heavy atom. The normalized spacial score (nSPS) is 32.4. The first kappa shape index (κ1) is 15.7. The fourth-order valence-electron chi connectivity index (χ4n) is 3.13. The van der Waals surface area contributed by atoms with Crippen molar-refractivity contribution in [3.05, 3.63) is 0 Å². The minimum absolute atomic E-state index is 0.0363. The van der Waals surface area contributed by atoms with Crippen molar-refractivity contribution in [3.63, 3.8) is 0 Å². The summed E-state index contributed by atoms with van der Waals surface area (Å²) in [6.45, 7) is 13.0. The van der Waals surface area contributed by atoms with Gasteiger partial charge in [0.25, 0.3) is 0 Å². The molecular weight excluding hydrogens is 254 g/mol. The van der Waals surface area contributed by atoms with Gasteiger partial charge in [0, 0.05) is 19.6 Å². The average Bonchev–Trinajstić information content (AvgIpc) is 2.76. The van der Waals surface area contributed by atoms with Crippen molar-refractivity contribution in [2.75, 3.05) is 32.8 Å². The van der Waals surface area contributed by atoms with Gasteiger partial charge in [0.15, 0.2) is 0 Å². The molecule has 2 fully saturated rings. The molecule has 116 valence electrons. The third-order valence-electron chi connectivity index (χ3n) is 4.42. The molecule has 0 bridgehead atoms. The van der Waals surface area contributed by atoms with Crippen molar-refractivity contribution in [3.8, 4) is 0 Å². The number of rotatable bonds is 5. The fourth-order valence-corrected chi connectivity index (χ4v) is 3.13. The summed E-state index contributed by atoms with van der Waals surface area (Å²) in [5, 5.41) is 3.46. The van der Waals surface area contributed by atoms with E-state index in [4.69, 9.17) is 4.74 Å². The van der Waals surface area contributed by atoms with E-state index in [9.17, 15) is 4.79 Å². The minimum Gasteiger partial charge on any atom is -0.374 e. The van der Waals surface area contributed by atoms with Crippen molar-refractivity contribution < 1.29 is 9.53 Å². The number of likely N-dealkylation sites (N-methyl/N-ethyl adjacent to an activating group) is 1. The maximum Gasteiger partial charge on any atom is 0.241 e. The maximum absolute atomic E-state index is 12.5.